The third kappa shape index (κ3) is 5.81. The number of carboxylic acids is 1. The first-order valence-electron chi connectivity index (χ1n) is 12.3. The number of ether oxygens (including phenoxy) is 1. The van der Waals surface area contributed by atoms with Gasteiger partial charge in [0, 0.05) is 19.0 Å². The zero-order valence-corrected chi connectivity index (χ0v) is 21.7. The van der Waals surface area contributed by atoms with Crippen LogP contribution in [0.3, 0.4) is 0 Å². The Bertz CT molecular complexity index is 1360. The van der Waals surface area contributed by atoms with Gasteiger partial charge in [-0.25, -0.2) is 9.55 Å². The maximum atomic E-state index is 13.5. The van der Waals surface area contributed by atoms with Crippen LogP contribution in [-0.4, -0.2) is 69.5 Å². The van der Waals surface area contributed by atoms with Crippen LogP contribution in [0.4, 0.5) is 11.8 Å². The van der Waals surface area contributed by atoms with E-state index in [4.69, 9.17) is 19.5 Å². The van der Waals surface area contributed by atoms with Crippen molar-refractivity contribution in [3.63, 3.8) is 0 Å². The van der Waals surface area contributed by atoms with Gasteiger partial charge in [0.1, 0.15) is 11.8 Å². The monoisotopic (exact) mass is 543 g/mol. The molecule has 4 atom stereocenters. The minimum atomic E-state index is -3.99. The lowest BCUT2D eigenvalue weighted by Crippen LogP contribution is -2.37. The summed E-state index contributed by atoms with van der Waals surface area (Å²) in [6.07, 6.45) is 6.33. The Labute approximate surface area is 219 Å². The summed E-state index contributed by atoms with van der Waals surface area (Å²) in [7, 11) is -3.99. The summed E-state index contributed by atoms with van der Waals surface area (Å²) in [6, 6.07) is 7.26. The van der Waals surface area contributed by atoms with Gasteiger partial charge in [0.2, 0.25) is 5.95 Å². The number of morpholine rings is 1. The van der Waals surface area contributed by atoms with Crippen LogP contribution >= 0.6 is 7.75 Å². The highest BCUT2D eigenvalue weighted by molar-refractivity contribution is 7.52. The lowest BCUT2D eigenvalue weighted by atomic mass is 10.1. The third-order valence-corrected chi connectivity index (χ3v) is 8.03. The molecule has 202 valence electrons. The highest BCUT2D eigenvalue weighted by atomic mass is 31.2. The number of hydrogen-bond donors (Lipinski definition) is 3. The second kappa shape index (κ2) is 11.1. The molecule has 3 heterocycles. The number of benzene rings is 1. The number of nitrogens with zero attached hydrogens (tertiary/aromatic N) is 5. The quantitative estimate of drug-likeness (QED) is 0.253. The predicted molar refractivity (Wildman–Crippen MR) is 140 cm³/mol. The number of carboxylic acid groups (broad SMARTS) is 1. The highest BCUT2D eigenvalue weighted by Gasteiger charge is 2.33. The van der Waals surface area contributed by atoms with Crippen molar-refractivity contribution >= 4 is 36.6 Å². The number of fused-ring (bicyclic) bond motifs is 1. The number of hydrogen-bond acceptors (Lipinski definition) is 10. The molecule has 0 saturated carbocycles. The van der Waals surface area contributed by atoms with E-state index in [0.717, 1.165) is 0 Å². The van der Waals surface area contributed by atoms with Gasteiger partial charge in [-0.2, -0.15) is 15.1 Å². The SMILES string of the molecule is C[C@H](N[P@](=O)(OC[C@@H]1C=C[C@H](n2cnc3c(N4CCOCC4)nc(N)nc32)C1)Oc1ccccc1)C(=O)O. The number of carbonyl (C=O) groups is 1. The minimum Gasteiger partial charge on any atom is -0.480 e. The van der Waals surface area contributed by atoms with Crippen molar-refractivity contribution in [3.05, 3.63) is 48.8 Å². The van der Waals surface area contributed by atoms with Gasteiger partial charge in [0.05, 0.1) is 32.2 Å². The number of nitrogen functional groups attached to an aromatic ring is 1. The lowest BCUT2D eigenvalue weighted by Gasteiger charge is -2.27. The lowest BCUT2D eigenvalue weighted by molar-refractivity contribution is -0.138. The Kier molecular flexibility index (Phi) is 7.61. The number of nitrogens with one attached hydrogen (secondary N) is 1. The van der Waals surface area contributed by atoms with Crippen LogP contribution < -0.4 is 20.2 Å². The van der Waals surface area contributed by atoms with Crippen molar-refractivity contribution < 1.29 is 28.3 Å². The number of para-hydroxylation sites is 1. The van der Waals surface area contributed by atoms with Crippen molar-refractivity contribution in [1.82, 2.24) is 24.6 Å². The van der Waals surface area contributed by atoms with Crippen LogP contribution in [0.2, 0.25) is 0 Å². The molecule has 2 aliphatic rings. The number of aliphatic carboxylic acids is 1. The molecule has 4 N–H and O–H groups in total. The van der Waals surface area contributed by atoms with Gasteiger partial charge in [-0.3, -0.25) is 9.32 Å². The van der Waals surface area contributed by atoms with Crippen LogP contribution in [0.5, 0.6) is 5.75 Å². The maximum absolute atomic E-state index is 13.5. The molecule has 1 aliphatic heterocycles. The molecular weight excluding hydrogens is 513 g/mol. The Morgan fingerprint density at radius 2 is 2.03 bits per heavy atom. The molecule has 14 heteroatoms. The molecule has 1 aliphatic carbocycles. The molecule has 2 aromatic heterocycles. The number of rotatable bonds is 10. The molecule has 1 fully saturated rings. The fourth-order valence-electron chi connectivity index (χ4n) is 4.44. The van der Waals surface area contributed by atoms with E-state index in [1.807, 2.05) is 16.7 Å². The minimum absolute atomic E-state index is 0.0548. The average Bonchev–Trinajstić information content (AvgIpc) is 3.55. The molecular formula is C24H30N7O6P. The summed E-state index contributed by atoms with van der Waals surface area (Å²) in [6.45, 7) is 4.04. The first-order chi connectivity index (χ1) is 18.3. The molecule has 0 spiro atoms. The molecule has 0 radical (unpaired) electrons. The van der Waals surface area contributed by atoms with E-state index in [2.05, 4.69) is 24.9 Å². The van der Waals surface area contributed by atoms with Crippen LogP contribution in [-0.2, 0) is 18.6 Å². The molecule has 5 rings (SSSR count). The van der Waals surface area contributed by atoms with Crippen molar-refractivity contribution in [1.29, 1.82) is 0 Å². The maximum Gasteiger partial charge on any atom is 0.459 e. The van der Waals surface area contributed by atoms with Gasteiger partial charge in [0.15, 0.2) is 17.0 Å². The molecule has 0 amide bonds. The number of allylic oxidation sites excluding steroid dienone is 1. The van der Waals surface area contributed by atoms with E-state index in [1.54, 1.807) is 36.7 Å². The molecule has 38 heavy (non-hydrogen) atoms. The largest absolute Gasteiger partial charge is 0.480 e. The molecule has 0 bridgehead atoms. The summed E-state index contributed by atoms with van der Waals surface area (Å²) in [5.74, 6) is -0.116. The summed E-state index contributed by atoms with van der Waals surface area (Å²) < 4.78 is 32.2. The van der Waals surface area contributed by atoms with E-state index in [9.17, 15) is 14.5 Å². The fourth-order valence-corrected chi connectivity index (χ4v) is 5.99. The second-order valence-corrected chi connectivity index (χ2v) is 10.9. The van der Waals surface area contributed by atoms with E-state index in [-0.39, 0.29) is 24.5 Å². The smallest absolute Gasteiger partial charge is 0.459 e. The average molecular weight is 544 g/mol. The molecule has 0 unspecified atom stereocenters. The van der Waals surface area contributed by atoms with Crippen LogP contribution in [0.1, 0.15) is 19.4 Å². The summed E-state index contributed by atoms with van der Waals surface area (Å²) >= 11 is 0. The molecule has 13 nitrogen and oxygen atoms in total. The molecule has 1 aromatic carbocycles. The molecule has 3 aromatic rings. The van der Waals surface area contributed by atoms with Crippen LogP contribution in [0.15, 0.2) is 48.8 Å². The number of nitrogens with two attached hydrogens (primary N) is 1. The van der Waals surface area contributed by atoms with Gasteiger partial charge >= 0.3 is 13.7 Å². The van der Waals surface area contributed by atoms with Gasteiger partial charge in [0.25, 0.3) is 0 Å². The fraction of sp³-hybridized carbons (Fsp3) is 0.417. The Morgan fingerprint density at radius 1 is 1.26 bits per heavy atom. The Balaban J connectivity index is 1.29. The number of aromatic nitrogens is 4. The van der Waals surface area contributed by atoms with Gasteiger partial charge < -0.3 is 29.6 Å². The summed E-state index contributed by atoms with van der Waals surface area (Å²) in [5.41, 5.74) is 7.35. The topological polar surface area (TPSA) is 167 Å². The van der Waals surface area contributed by atoms with Crippen molar-refractivity contribution in [2.24, 2.45) is 5.92 Å². The van der Waals surface area contributed by atoms with Gasteiger partial charge in [-0.05, 0) is 25.5 Å². The number of anilines is 2. The van der Waals surface area contributed by atoms with Gasteiger partial charge in [-0.15, -0.1) is 0 Å². The van der Waals surface area contributed by atoms with E-state index >= 15 is 0 Å². The van der Waals surface area contributed by atoms with Crippen molar-refractivity contribution in [3.8, 4) is 5.75 Å². The van der Waals surface area contributed by atoms with Crippen molar-refractivity contribution in [2.45, 2.75) is 25.4 Å². The zero-order chi connectivity index (χ0) is 26.7. The van der Waals surface area contributed by atoms with Crippen LogP contribution in [0, 0.1) is 5.92 Å². The zero-order valence-electron chi connectivity index (χ0n) is 20.8. The van der Waals surface area contributed by atoms with E-state index in [0.29, 0.717) is 55.5 Å². The Morgan fingerprint density at radius 3 is 2.76 bits per heavy atom. The normalized spacial score (nSPS) is 21.9. The van der Waals surface area contributed by atoms with Gasteiger partial charge in [-0.1, -0.05) is 30.4 Å². The van der Waals surface area contributed by atoms with E-state index in [1.165, 1.54) is 6.92 Å². The first kappa shape index (κ1) is 26.1. The summed E-state index contributed by atoms with van der Waals surface area (Å²) in [5, 5.41) is 11.8. The second-order valence-electron chi connectivity index (χ2n) is 9.16. The Hall–Kier alpha value is -3.51. The highest BCUT2D eigenvalue weighted by Crippen LogP contribution is 2.46. The first-order valence-corrected chi connectivity index (χ1v) is 13.9. The van der Waals surface area contributed by atoms with E-state index < -0.39 is 19.8 Å². The molecule has 1 saturated heterocycles. The van der Waals surface area contributed by atoms with Crippen LogP contribution in [0.25, 0.3) is 11.2 Å². The standard InChI is InChI=1S/C24H30N7O6P/c1-16(23(32)33)29-38(34,37-19-5-3-2-4-6-19)36-14-17-7-8-18(13-17)31-15-26-20-21(27-24(25)28-22(20)31)30-9-11-35-12-10-30/h2-8,15-18H,9-14H2,1H3,(H,29,34)(H,32,33)(H2,25,27,28)/t16-,17+,18-,38-/m0/s1. The third-order valence-electron chi connectivity index (χ3n) is 6.39. The number of imidazole rings is 1. The predicted octanol–water partition coefficient (Wildman–Crippen LogP) is 2.63. The summed E-state index contributed by atoms with van der Waals surface area (Å²) in [4.78, 5) is 27.0. The van der Waals surface area contributed by atoms with Crippen molar-refractivity contribution in [2.75, 3.05) is 43.5 Å².